The second-order valence-electron chi connectivity index (χ2n) is 10.6. The molecule has 2 aromatic carbocycles. The predicted octanol–water partition coefficient (Wildman–Crippen LogP) is 6.50. The molecular weight excluding hydrogens is 488 g/mol. The first-order valence-corrected chi connectivity index (χ1v) is 13.8. The summed E-state index contributed by atoms with van der Waals surface area (Å²) in [5.74, 6) is 0.275. The van der Waals surface area contributed by atoms with Crippen molar-refractivity contribution in [1.82, 2.24) is 5.32 Å². The van der Waals surface area contributed by atoms with Crippen molar-refractivity contribution in [1.29, 1.82) is 0 Å². The summed E-state index contributed by atoms with van der Waals surface area (Å²) in [7, 11) is 0. The predicted molar refractivity (Wildman–Crippen MR) is 149 cm³/mol. The Labute approximate surface area is 226 Å². The first kappa shape index (κ1) is 28.8. The van der Waals surface area contributed by atoms with Gasteiger partial charge in [0, 0.05) is 18.8 Å². The van der Waals surface area contributed by atoms with Crippen LogP contribution in [-0.4, -0.2) is 37.2 Å². The molecule has 0 aliphatic carbocycles. The number of benzene rings is 2. The van der Waals surface area contributed by atoms with Crippen LogP contribution in [0.4, 0.5) is 5.69 Å². The van der Waals surface area contributed by atoms with Crippen molar-refractivity contribution in [3.63, 3.8) is 0 Å². The number of para-hydroxylation sites is 1. The lowest BCUT2D eigenvalue weighted by atomic mass is 9.94. The van der Waals surface area contributed by atoms with E-state index in [1.165, 1.54) is 30.5 Å². The highest BCUT2D eigenvalue weighted by atomic mass is 35.5. The number of hydrogen-bond donors (Lipinski definition) is 1. The summed E-state index contributed by atoms with van der Waals surface area (Å²) in [4.78, 5) is 27.8. The van der Waals surface area contributed by atoms with Gasteiger partial charge in [0.1, 0.15) is 5.75 Å². The first-order chi connectivity index (χ1) is 17.6. The van der Waals surface area contributed by atoms with E-state index in [1.54, 1.807) is 39.0 Å². The second-order valence-corrected chi connectivity index (χ2v) is 11.0. The summed E-state index contributed by atoms with van der Waals surface area (Å²) in [6, 6.07) is 13.6. The third-order valence-corrected chi connectivity index (χ3v) is 6.84. The minimum atomic E-state index is -1.18. The molecule has 0 aromatic heterocycles. The fourth-order valence-corrected chi connectivity index (χ4v) is 4.97. The van der Waals surface area contributed by atoms with Crippen LogP contribution in [0.2, 0.25) is 5.02 Å². The van der Waals surface area contributed by atoms with Gasteiger partial charge >= 0.3 is 5.97 Å². The molecule has 0 spiro atoms. The minimum Gasteiger partial charge on any atom is -0.475 e. The molecule has 1 saturated heterocycles. The van der Waals surface area contributed by atoms with Crippen molar-refractivity contribution in [2.24, 2.45) is 5.92 Å². The second kappa shape index (κ2) is 13.2. The third-order valence-electron chi connectivity index (χ3n) is 6.54. The molecule has 2 aromatic rings. The van der Waals surface area contributed by atoms with Crippen LogP contribution in [0.1, 0.15) is 77.5 Å². The maximum Gasteiger partial charge on any atom is 0.349 e. The number of carbonyl (C=O) groups excluding carboxylic acids is 2. The molecule has 37 heavy (non-hydrogen) atoms. The van der Waals surface area contributed by atoms with Gasteiger partial charge in [0.25, 0.3) is 0 Å². The van der Waals surface area contributed by atoms with Crippen molar-refractivity contribution in [2.75, 3.05) is 24.6 Å². The Bertz CT molecular complexity index is 1060. The van der Waals surface area contributed by atoms with Gasteiger partial charge in [-0.05, 0) is 81.7 Å². The lowest BCUT2D eigenvalue weighted by Gasteiger charge is -2.33. The van der Waals surface area contributed by atoms with Crippen LogP contribution in [-0.2, 0) is 20.7 Å². The SMILES string of the molecule is CCOC(=O)C(C)(C)Oc1ccc(CC(=O)NC(CC(C)C)c2ccccc2N2CCCCC2)cc1Cl. The maximum atomic E-state index is 13.2. The summed E-state index contributed by atoms with van der Waals surface area (Å²) in [6.07, 6.45) is 4.73. The summed E-state index contributed by atoms with van der Waals surface area (Å²) >= 11 is 6.46. The van der Waals surface area contributed by atoms with Crippen LogP contribution in [0.15, 0.2) is 42.5 Å². The summed E-state index contributed by atoms with van der Waals surface area (Å²) < 4.78 is 10.9. The number of esters is 1. The highest BCUT2D eigenvalue weighted by molar-refractivity contribution is 6.32. The average Bonchev–Trinajstić information content (AvgIpc) is 2.85. The Morgan fingerprint density at radius 3 is 2.43 bits per heavy atom. The van der Waals surface area contributed by atoms with Gasteiger partial charge in [-0.1, -0.05) is 49.7 Å². The molecule has 0 radical (unpaired) electrons. The Morgan fingerprint density at radius 2 is 1.78 bits per heavy atom. The molecule has 1 atom stereocenters. The van der Waals surface area contributed by atoms with E-state index in [1.807, 2.05) is 0 Å². The van der Waals surface area contributed by atoms with E-state index < -0.39 is 11.6 Å². The molecule has 3 rings (SSSR count). The van der Waals surface area contributed by atoms with Crippen LogP contribution in [0, 0.1) is 5.92 Å². The Kier molecular flexibility index (Phi) is 10.3. The Hall–Kier alpha value is -2.73. The number of carbonyl (C=O) groups is 2. The van der Waals surface area contributed by atoms with Gasteiger partial charge < -0.3 is 19.7 Å². The largest absolute Gasteiger partial charge is 0.475 e. The molecule has 0 bridgehead atoms. The highest BCUT2D eigenvalue weighted by Crippen LogP contribution is 2.33. The van der Waals surface area contributed by atoms with Gasteiger partial charge in [-0.15, -0.1) is 0 Å². The van der Waals surface area contributed by atoms with Crippen LogP contribution >= 0.6 is 11.6 Å². The number of nitrogens with one attached hydrogen (secondary N) is 1. The highest BCUT2D eigenvalue weighted by Gasteiger charge is 2.32. The molecule has 1 N–H and O–H groups in total. The van der Waals surface area contributed by atoms with Gasteiger partial charge in [0.2, 0.25) is 5.91 Å². The lowest BCUT2D eigenvalue weighted by Crippen LogP contribution is -2.39. The van der Waals surface area contributed by atoms with E-state index in [9.17, 15) is 9.59 Å². The smallest absolute Gasteiger partial charge is 0.349 e. The summed E-state index contributed by atoms with van der Waals surface area (Å²) in [6.45, 7) is 11.8. The van der Waals surface area contributed by atoms with E-state index in [-0.39, 0.29) is 25.0 Å². The molecule has 1 heterocycles. The zero-order valence-corrected chi connectivity index (χ0v) is 23.6. The van der Waals surface area contributed by atoms with Crippen LogP contribution in [0.3, 0.4) is 0 Å². The maximum absolute atomic E-state index is 13.2. The zero-order chi connectivity index (χ0) is 27.0. The number of nitrogens with zero attached hydrogens (tertiary/aromatic N) is 1. The fourth-order valence-electron chi connectivity index (χ4n) is 4.73. The van der Waals surface area contributed by atoms with E-state index >= 15 is 0 Å². The number of amides is 1. The Balaban J connectivity index is 1.72. The van der Waals surface area contributed by atoms with Gasteiger partial charge in [-0.25, -0.2) is 4.79 Å². The number of ether oxygens (including phenoxy) is 2. The van der Waals surface area contributed by atoms with Crippen LogP contribution in [0.25, 0.3) is 0 Å². The van der Waals surface area contributed by atoms with E-state index in [0.717, 1.165) is 25.1 Å². The molecule has 7 heteroatoms. The lowest BCUT2D eigenvalue weighted by molar-refractivity contribution is -0.158. The van der Waals surface area contributed by atoms with E-state index in [2.05, 4.69) is 48.3 Å². The first-order valence-electron chi connectivity index (χ1n) is 13.4. The molecule has 0 saturated carbocycles. The molecule has 1 aliphatic rings. The van der Waals surface area contributed by atoms with E-state index in [0.29, 0.717) is 16.7 Å². The molecule has 1 fully saturated rings. The third kappa shape index (κ3) is 8.13. The molecule has 6 nitrogen and oxygen atoms in total. The van der Waals surface area contributed by atoms with Gasteiger partial charge in [-0.2, -0.15) is 0 Å². The molecule has 1 unspecified atom stereocenters. The quantitative estimate of drug-likeness (QED) is 0.337. The van der Waals surface area contributed by atoms with Crippen molar-refractivity contribution in [3.8, 4) is 5.75 Å². The minimum absolute atomic E-state index is 0.0596. The number of halogens is 1. The summed E-state index contributed by atoms with van der Waals surface area (Å²) in [5, 5.41) is 3.64. The normalized spacial score (nSPS) is 14.8. The Morgan fingerprint density at radius 1 is 1.08 bits per heavy atom. The topological polar surface area (TPSA) is 67.9 Å². The monoisotopic (exact) mass is 528 g/mol. The standard InChI is InChI=1S/C30H41ClN2O4/c1-6-36-29(35)30(4,5)37-27-15-14-22(19-24(27)31)20-28(34)32-25(18-21(2)3)23-12-8-9-13-26(23)33-16-10-7-11-17-33/h8-9,12-15,19,21,25H,6-7,10-11,16-18,20H2,1-5H3,(H,32,34). The van der Waals surface area contributed by atoms with Crippen LogP contribution < -0.4 is 15.0 Å². The number of piperidine rings is 1. The van der Waals surface area contributed by atoms with Crippen LogP contribution in [0.5, 0.6) is 5.75 Å². The van der Waals surface area contributed by atoms with Gasteiger partial charge in [-0.3, -0.25) is 4.79 Å². The van der Waals surface area contributed by atoms with Crippen molar-refractivity contribution < 1.29 is 19.1 Å². The fraction of sp³-hybridized carbons (Fsp3) is 0.533. The number of rotatable bonds is 11. The van der Waals surface area contributed by atoms with Crippen molar-refractivity contribution >= 4 is 29.2 Å². The van der Waals surface area contributed by atoms with Crippen molar-refractivity contribution in [2.45, 2.75) is 78.4 Å². The summed E-state index contributed by atoms with van der Waals surface area (Å²) in [5.41, 5.74) is 2.00. The van der Waals surface area contributed by atoms with Crippen molar-refractivity contribution in [3.05, 3.63) is 58.6 Å². The number of anilines is 1. The number of hydrogen-bond acceptors (Lipinski definition) is 5. The zero-order valence-electron chi connectivity index (χ0n) is 22.8. The molecule has 202 valence electrons. The van der Waals surface area contributed by atoms with Gasteiger partial charge in [0.15, 0.2) is 5.60 Å². The molecule has 1 amide bonds. The van der Waals surface area contributed by atoms with E-state index in [4.69, 9.17) is 21.1 Å². The average molecular weight is 529 g/mol. The molecular formula is C30H41ClN2O4. The van der Waals surface area contributed by atoms with Gasteiger partial charge in [0.05, 0.1) is 24.1 Å². The molecule has 1 aliphatic heterocycles.